The lowest BCUT2D eigenvalue weighted by molar-refractivity contribution is -0.122. The number of hydrogen-bond donors (Lipinski definition) is 1. The molecule has 6 nitrogen and oxygen atoms in total. The van der Waals surface area contributed by atoms with Crippen molar-refractivity contribution < 1.29 is 18.8 Å². The van der Waals surface area contributed by atoms with Gasteiger partial charge in [-0.2, -0.15) is 0 Å². The van der Waals surface area contributed by atoms with Gasteiger partial charge in [0.25, 0.3) is 11.8 Å². The van der Waals surface area contributed by atoms with Crippen LogP contribution in [0.15, 0.2) is 69.3 Å². The molecule has 0 unspecified atom stereocenters. The van der Waals surface area contributed by atoms with E-state index >= 15 is 0 Å². The van der Waals surface area contributed by atoms with Crippen LogP contribution in [0.1, 0.15) is 5.76 Å². The van der Waals surface area contributed by atoms with Crippen molar-refractivity contribution in [3.05, 3.63) is 70.6 Å². The number of carbonyl (C=O) groups excluding carboxylic acids is 3. The van der Waals surface area contributed by atoms with E-state index in [0.29, 0.717) is 15.9 Å². The lowest BCUT2D eigenvalue weighted by Gasteiger charge is -2.26. The number of halogens is 1. The molecule has 1 aromatic carbocycles. The molecular formula is C17H11BrN2O4. The maximum atomic E-state index is 12.6. The molecule has 1 fully saturated rings. The highest BCUT2D eigenvalue weighted by atomic mass is 79.9. The van der Waals surface area contributed by atoms with E-state index in [1.54, 1.807) is 42.5 Å². The van der Waals surface area contributed by atoms with E-state index in [2.05, 4.69) is 21.2 Å². The van der Waals surface area contributed by atoms with Crippen LogP contribution in [-0.4, -0.2) is 17.8 Å². The SMILES string of the molecule is O=C1NC(=O)N(c2cccc(Br)c2)C(=O)/C1=C/C=C/c1ccco1. The zero-order valence-corrected chi connectivity index (χ0v) is 13.8. The van der Waals surface area contributed by atoms with Gasteiger partial charge in [-0.1, -0.05) is 28.1 Å². The van der Waals surface area contributed by atoms with Crippen LogP contribution in [0.25, 0.3) is 6.08 Å². The van der Waals surface area contributed by atoms with Gasteiger partial charge in [0, 0.05) is 4.47 Å². The predicted octanol–water partition coefficient (Wildman–Crippen LogP) is 3.26. The lowest BCUT2D eigenvalue weighted by Crippen LogP contribution is -2.54. The highest BCUT2D eigenvalue weighted by molar-refractivity contribution is 9.10. The summed E-state index contributed by atoms with van der Waals surface area (Å²) in [6.07, 6.45) is 5.98. The molecule has 1 aromatic heterocycles. The molecule has 1 aliphatic heterocycles. The largest absolute Gasteiger partial charge is 0.465 e. The van der Waals surface area contributed by atoms with Crippen LogP contribution in [0.4, 0.5) is 10.5 Å². The topological polar surface area (TPSA) is 79.6 Å². The Morgan fingerprint density at radius 3 is 2.67 bits per heavy atom. The summed E-state index contributed by atoms with van der Waals surface area (Å²) in [7, 11) is 0. The first-order chi connectivity index (χ1) is 11.6. The van der Waals surface area contributed by atoms with Crippen LogP contribution >= 0.6 is 15.9 Å². The Morgan fingerprint density at radius 1 is 1.12 bits per heavy atom. The van der Waals surface area contributed by atoms with Gasteiger partial charge in [0.2, 0.25) is 0 Å². The third kappa shape index (κ3) is 3.21. The summed E-state index contributed by atoms with van der Waals surface area (Å²) < 4.78 is 5.83. The summed E-state index contributed by atoms with van der Waals surface area (Å²) in [5, 5.41) is 2.16. The minimum Gasteiger partial charge on any atom is -0.465 e. The number of allylic oxidation sites excluding steroid dienone is 2. The number of rotatable bonds is 3. The Morgan fingerprint density at radius 2 is 1.96 bits per heavy atom. The summed E-state index contributed by atoms with van der Waals surface area (Å²) >= 11 is 3.29. The zero-order valence-electron chi connectivity index (χ0n) is 12.2. The molecule has 120 valence electrons. The van der Waals surface area contributed by atoms with E-state index in [1.807, 2.05) is 0 Å². The summed E-state index contributed by atoms with van der Waals surface area (Å²) in [5.41, 5.74) is 0.220. The van der Waals surface area contributed by atoms with Gasteiger partial charge >= 0.3 is 6.03 Å². The molecule has 0 spiro atoms. The third-order valence-electron chi connectivity index (χ3n) is 3.23. The van der Waals surface area contributed by atoms with Gasteiger partial charge in [-0.15, -0.1) is 0 Å². The van der Waals surface area contributed by atoms with Crippen LogP contribution in [0.3, 0.4) is 0 Å². The Balaban J connectivity index is 1.91. The fraction of sp³-hybridized carbons (Fsp3) is 0. The third-order valence-corrected chi connectivity index (χ3v) is 3.73. The van der Waals surface area contributed by atoms with Gasteiger partial charge in [0.1, 0.15) is 11.3 Å². The van der Waals surface area contributed by atoms with Crippen molar-refractivity contribution in [2.75, 3.05) is 4.90 Å². The molecule has 3 rings (SSSR count). The van der Waals surface area contributed by atoms with Crippen molar-refractivity contribution in [1.29, 1.82) is 0 Å². The molecule has 0 saturated carbocycles. The predicted molar refractivity (Wildman–Crippen MR) is 91.0 cm³/mol. The average molecular weight is 387 g/mol. The molecule has 1 aliphatic rings. The van der Waals surface area contributed by atoms with E-state index in [-0.39, 0.29) is 5.57 Å². The molecule has 2 heterocycles. The van der Waals surface area contributed by atoms with Crippen molar-refractivity contribution in [2.45, 2.75) is 0 Å². The van der Waals surface area contributed by atoms with Crippen molar-refractivity contribution in [2.24, 2.45) is 0 Å². The van der Waals surface area contributed by atoms with Crippen LogP contribution in [0.2, 0.25) is 0 Å². The maximum absolute atomic E-state index is 12.6. The minimum atomic E-state index is -0.782. The van der Waals surface area contributed by atoms with E-state index < -0.39 is 17.8 Å². The smallest absolute Gasteiger partial charge is 0.335 e. The average Bonchev–Trinajstić information content (AvgIpc) is 3.03. The standard InChI is InChI=1S/C17H11BrN2O4/c18-11-4-1-5-12(10-11)20-16(22)14(15(21)19-17(20)23)8-2-6-13-7-3-9-24-13/h1-10H,(H,19,21,23)/b6-2+,14-8+. The molecule has 0 bridgehead atoms. The van der Waals surface area contributed by atoms with Gasteiger partial charge in [-0.05, 0) is 42.5 Å². The molecule has 0 radical (unpaired) electrons. The van der Waals surface area contributed by atoms with Gasteiger partial charge in [0.05, 0.1) is 12.0 Å². The highest BCUT2D eigenvalue weighted by Crippen LogP contribution is 2.23. The Labute approximate surface area is 145 Å². The molecule has 4 amide bonds. The van der Waals surface area contributed by atoms with Crippen molar-refractivity contribution in [3.63, 3.8) is 0 Å². The van der Waals surface area contributed by atoms with Crippen LogP contribution in [0.5, 0.6) is 0 Å². The Bertz CT molecular complexity index is 868. The molecule has 7 heteroatoms. The first-order valence-corrected chi connectivity index (χ1v) is 7.73. The van der Waals surface area contributed by atoms with E-state index in [9.17, 15) is 14.4 Å². The Kier molecular flexibility index (Phi) is 4.43. The number of amides is 4. The monoisotopic (exact) mass is 386 g/mol. The second-order valence-electron chi connectivity index (χ2n) is 4.83. The number of anilines is 1. The number of nitrogens with one attached hydrogen (secondary N) is 1. The summed E-state index contributed by atoms with van der Waals surface area (Å²) in [6.45, 7) is 0. The summed E-state index contributed by atoms with van der Waals surface area (Å²) in [5.74, 6) is -0.846. The fourth-order valence-electron chi connectivity index (χ4n) is 2.15. The number of barbiturate groups is 1. The van der Waals surface area contributed by atoms with Crippen molar-refractivity contribution in [3.8, 4) is 0 Å². The maximum Gasteiger partial charge on any atom is 0.335 e. The van der Waals surface area contributed by atoms with Gasteiger partial charge in [-0.25, -0.2) is 9.69 Å². The van der Waals surface area contributed by atoms with Crippen LogP contribution in [0, 0.1) is 0 Å². The molecule has 1 N–H and O–H groups in total. The first kappa shape index (κ1) is 15.9. The Hall–Kier alpha value is -2.93. The van der Waals surface area contributed by atoms with Crippen molar-refractivity contribution in [1.82, 2.24) is 5.32 Å². The quantitative estimate of drug-likeness (QED) is 0.648. The summed E-state index contributed by atoms with van der Waals surface area (Å²) in [4.78, 5) is 37.4. The van der Waals surface area contributed by atoms with Gasteiger partial charge < -0.3 is 4.42 Å². The molecule has 24 heavy (non-hydrogen) atoms. The van der Waals surface area contributed by atoms with Crippen LogP contribution < -0.4 is 10.2 Å². The van der Waals surface area contributed by atoms with Gasteiger partial charge in [-0.3, -0.25) is 14.9 Å². The zero-order chi connectivity index (χ0) is 17.1. The number of imide groups is 2. The number of furan rings is 1. The first-order valence-electron chi connectivity index (χ1n) is 6.93. The number of hydrogen-bond acceptors (Lipinski definition) is 4. The molecular weight excluding hydrogens is 376 g/mol. The summed E-state index contributed by atoms with van der Waals surface area (Å²) in [6, 6.07) is 9.35. The van der Waals surface area contributed by atoms with E-state index in [1.165, 1.54) is 18.4 Å². The molecule has 2 aromatic rings. The second kappa shape index (κ2) is 6.67. The number of nitrogens with zero attached hydrogens (tertiary/aromatic N) is 1. The lowest BCUT2D eigenvalue weighted by atomic mass is 10.1. The van der Waals surface area contributed by atoms with Crippen LogP contribution in [-0.2, 0) is 9.59 Å². The molecule has 0 atom stereocenters. The second-order valence-corrected chi connectivity index (χ2v) is 5.75. The normalized spacial score (nSPS) is 17.0. The number of carbonyl (C=O) groups is 3. The fourth-order valence-corrected chi connectivity index (χ4v) is 2.54. The number of benzene rings is 1. The molecule has 0 aliphatic carbocycles. The molecule has 1 saturated heterocycles. The van der Waals surface area contributed by atoms with Crippen molar-refractivity contribution >= 4 is 45.5 Å². The van der Waals surface area contributed by atoms with Gasteiger partial charge in [0.15, 0.2) is 0 Å². The minimum absolute atomic E-state index is 0.141. The van der Waals surface area contributed by atoms with E-state index in [0.717, 1.165) is 4.90 Å². The highest BCUT2D eigenvalue weighted by Gasteiger charge is 2.36. The number of urea groups is 1. The van der Waals surface area contributed by atoms with E-state index in [4.69, 9.17) is 4.42 Å².